The number of nitrogens with one attached hydrogen (secondary N) is 1. The van der Waals surface area contributed by atoms with Gasteiger partial charge in [0.15, 0.2) is 3.92 Å². The van der Waals surface area contributed by atoms with Gasteiger partial charge in [-0.2, -0.15) is 0 Å². The van der Waals surface area contributed by atoms with Crippen LogP contribution in [0.4, 0.5) is 5.13 Å². The summed E-state index contributed by atoms with van der Waals surface area (Å²) < 4.78 is 0.801. The monoisotopic (exact) mass is 304 g/mol. The molecule has 0 aliphatic rings. The highest BCUT2D eigenvalue weighted by molar-refractivity contribution is 9.11. The van der Waals surface area contributed by atoms with Crippen LogP contribution < -0.4 is 5.32 Å². The lowest BCUT2D eigenvalue weighted by Gasteiger charge is -1.98. The molecular formula is C8H9BrN4S2. The molecule has 0 bridgehead atoms. The largest absolute Gasteiger partial charge is 0.360 e. The summed E-state index contributed by atoms with van der Waals surface area (Å²) in [5.41, 5.74) is 1.09. The van der Waals surface area contributed by atoms with Gasteiger partial charge >= 0.3 is 0 Å². The molecule has 0 atom stereocenters. The van der Waals surface area contributed by atoms with E-state index < -0.39 is 0 Å². The molecule has 80 valence electrons. The van der Waals surface area contributed by atoms with Crippen LogP contribution in [0.15, 0.2) is 9.30 Å². The molecule has 2 rings (SSSR count). The second-order valence-corrected chi connectivity index (χ2v) is 6.12. The zero-order chi connectivity index (χ0) is 10.7. The van der Waals surface area contributed by atoms with Gasteiger partial charge in [0.1, 0.15) is 0 Å². The van der Waals surface area contributed by atoms with Crippen molar-refractivity contribution in [3.8, 4) is 0 Å². The maximum atomic E-state index is 4.38. The van der Waals surface area contributed by atoms with Gasteiger partial charge in [-0.05, 0) is 22.9 Å². The molecule has 2 heterocycles. The van der Waals surface area contributed by atoms with Gasteiger partial charge in [-0.25, -0.2) is 4.98 Å². The van der Waals surface area contributed by atoms with Gasteiger partial charge in [0, 0.05) is 24.0 Å². The Balaban J connectivity index is 1.80. The van der Waals surface area contributed by atoms with E-state index in [1.165, 1.54) is 11.3 Å². The summed E-state index contributed by atoms with van der Waals surface area (Å²) in [6.07, 6.45) is 0.926. The summed E-state index contributed by atoms with van der Waals surface area (Å²) >= 11 is 6.46. The molecule has 0 aromatic carbocycles. The topological polar surface area (TPSA) is 50.7 Å². The van der Waals surface area contributed by atoms with E-state index in [1.54, 1.807) is 11.3 Å². The van der Waals surface area contributed by atoms with E-state index in [2.05, 4.69) is 41.8 Å². The SMILES string of the molecule is Cc1csc(CCNc2nnc(Br)s2)n1. The first kappa shape index (κ1) is 11.0. The molecule has 0 radical (unpaired) electrons. The summed E-state index contributed by atoms with van der Waals surface area (Å²) in [6, 6.07) is 0. The van der Waals surface area contributed by atoms with E-state index in [1.807, 2.05) is 6.92 Å². The van der Waals surface area contributed by atoms with E-state index >= 15 is 0 Å². The minimum absolute atomic E-state index is 0.801. The van der Waals surface area contributed by atoms with Crippen LogP contribution in [-0.2, 0) is 6.42 Å². The minimum Gasteiger partial charge on any atom is -0.360 e. The van der Waals surface area contributed by atoms with E-state index in [4.69, 9.17) is 0 Å². The van der Waals surface area contributed by atoms with Gasteiger partial charge in [-0.15, -0.1) is 21.5 Å². The number of hydrogen-bond acceptors (Lipinski definition) is 6. The highest BCUT2D eigenvalue weighted by Gasteiger charge is 2.01. The third kappa shape index (κ3) is 3.22. The van der Waals surface area contributed by atoms with Crippen LogP contribution in [0.25, 0.3) is 0 Å². The van der Waals surface area contributed by atoms with Crippen molar-refractivity contribution in [2.24, 2.45) is 0 Å². The fraction of sp³-hybridized carbons (Fsp3) is 0.375. The van der Waals surface area contributed by atoms with Crippen LogP contribution >= 0.6 is 38.6 Å². The number of anilines is 1. The highest BCUT2D eigenvalue weighted by Crippen LogP contribution is 2.20. The van der Waals surface area contributed by atoms with Crippen molar-refractivity contribution in [1.82, 2.24) is 15.2 Å². The van der Waals surface area contributed by atoms with E-state index in [0.717, 1.165) is 32.7 Å². The van der Waals surface area contributed by atoms with Crippen molar-refractivity contribution in [3.63, 3.8) is 0 Å². The Morgan fingerprint density at radius 1 is 1.47 bits per heavy atom. The Morgan fingerprint density at radius 2 is 2.33 bits per heavy atom. The first-order valence-electron chi connectivity index (χ1n) is 4.38. The molecule has 1 N–H and O–H groups in total. The van der Waals surface area contributed by atoms with Gasteiger partial charge in [-0.1, -0.05) is 11.3 Å². The first-order valence-corrected chi connectivity index (χ1v) is 6.87. The van der Waals surface area contributed by atoms with Crippen molar-refractivity contribution in [2.45, 2.75) is 13.3 Å². The average Bonchev–Trinajstić information content (AvgIpc) is 2.76. The van der Waals surface area contributed by atoms with Crippen LogP contribution in [0.3, 0.4) is 0 Å². The van der Waals surface area contributed by atoms with Crippen molar-refractivity contribution in [2.75, 3.05) is 11.9 Å². The lowest BCUT2D eigenvalue weighted by Crippen LogP contribution is -2.04. The third-order valence-corrected chi connectivity index (χ3v) is 4.02. The molecule has 0 fully saturated rings. The number of aryl methyl sites for hydroxylation is 1. The molecule has 2 aromatic heterocycles. The van der Waals surface area contributed by atoms with E-state index in [9.17, 15) is 0 Å². The molecular weight excluding hydrogens is 296 g/mol. The molecule has 2 aromatic rings. The Hall–Kier alpha value is -0.530. The Labute approximate surface area is 104 Å². The predicted molar refractivity (Wildman–Crippen MR) is 66.7 cm³/mol. The third-order valence-electron chi connectivity index (χ3n) is 1.68. The zero-order valence-corrected chi connectivity index (χ0v) is 11.2. The summed E-state index contributed by atoms with van der Waals surface area (Å²) in [5, 5.41) is 15.1. The number of hydrogen-bond donors (Lipinski definition) is 1. The summed E-state index contributed by atoms with van der Waals surface area (Å²) in [7, 11) is 0. The summed E-state index contributed by atoms with van der Waals surface area (Å²) in [6.45, 7) is 2.85. The standard InChI is InChI=1S/C8H9BrN4S2/c1-5-4-14-6(11-5)2-3-10-8-13-12-7(9)15-8/h4H,2-3H2,1H3,(H,10,13). The zero-order valence-electron chi connectivity index (χ0n) is 8.03. The van der Waals surface area contributed by atoms with Gasteiger partial charge < -0.3 is 5.32 Å². The number of halogens is 1. The maximum absolute atomic E-state index is 4.38. The molecule has 7 heteroatoms. The van der Waals surface area contributed by atoms with Crippen LogP contribution in [-0.4, -0.2) is 21.7 Å². The van der Waals surface area contributed by atoms with Crippen molar-refractivity contribution in [3.05, 3.63) is 20.0 Å². The molecule has 4 nitrogen and oxygen atoms in total. The van der Waals surface area contributed by atoms with Crippen LogP contribution in [0.5, 0.6) is 0 Å². The Bertz CT molecular complexity index is 399. The Morgan fingerprint density at radius 3 is 2.93 bits per heavy atom. The van der Waals surface area contributed by atoms with Crippen molar-refractivity contribution >= 4 is 43.7 Å². The van der Waals surface area contributed by atoms with Crippen LogP contribution in [0, 0.1) is 6.92 Å². The fourth-order valence-electron chi connectivity index (χ4n) is 1.07. The minimum atomic E-state index is 0.801. The van der Waals surface area contributed by atoms with Crippen LogP contribution in [0.1, 0.15) is 10.7 Å². The molecule has 0 amide bonds. The number of nitrogens with zero attached hydrogens (tertiary/aromatic N) is 3. The molecule has 0 aliphatic heterocycles. The van der Waals surface area contributed by atoms with E-state index in [0.29, 0.717) is 0 Å². The molecule has 15 heavy (non-hydrogen) atoms. The molecule has 0 unspecified atom stereocenters. The molecule has 0 aliphatic carbocycles. The van der Waals surface area contributed by atoms with Crippen molar-refractivity contribution < 1.29 is 0 Å². The Kier molecular flexibility index (Phi) is 3.66. The van der Waals surface area contributed by atoms with Gasteiger partial charge in [0.2, 0.25) is 5.13 Å². The smallest absolute Gasteiger partial charge is 0.206 e. The van der Waals surface area contributed by atoms with Gasteiger partial charge in [0.25, 0.3) is 0 Å². The normalized spacial score (nSPS) is 10.5. The number of aromatic nitrogens is 3. The first-order chi connectivity index (χ1) is 7.24. The predicted octanol–water partition coefficient (Wildman–Crippen LogP) is 2.72. The fourth-order valence-corrected chi connectivity index (χ4v) is 2.88. The maximum Gasteiger partial charge on any atom is 0.206 e. The molecule has 0 saturated carbocycles. The summed E-state index contributed by atoms with van der Waals surface area (Å²) in [5.74, 6) is 0. The number of rotatable bonds is 4. The quantitative estimate of drug-likeness (QED) is 0.943. The number of thiazole rings is 1. The second kappa shape index (κ2) is 5.00. The van der Waals surface area contributed by atoms with E-state index in [-0.39, 0.29) is 0 Å². The summed E-state index contributed by atoms with van der Waals surface area (Å²) in [4.78, 5) is 4.38. The van der Waals surface area contributed by atoms with Crippen molar-refractivity contribution in [1.29, 1.82) is 0 Å². The molecule has 0 saturated heterocycles. The highest BCUT2D eigenvalue weighted by atomic mass is 79.9. The molecule has 0 spiro atoms. The second-order valence-electron chi connectivity index (χ2n) is 2.92. The average molecular weight is 305 g/mol. The van der Waals surface area contributed by atoms with Gasteiger partial charge in [-0.3, -0.25) is 0 Å². The van der Waals surface area contributed by atoms with Crippen LogP contribution in [0.2, 0.25) is 0 Å². The van der Waals surface area contributed by atoms with Gasteiger partial charge in [0.05, 0.1) is 5.01 Å². The lowest BCUT2D eigenvalue weighted by atomic mass is 10.4. The lowest BCUT2D eigenvalue weighted by molar-refractivity contribution is 0.969.